The summed E-state index contributed by atoms with van der Waals surface area (Å²) in [7, 11) is 0. The Morgan fingerprint density at radius 3 is 2.96 bits per heavy atom. The fourth-order valence-corrected chi connectivity index (χ4v) is 4.35. The van der Waals surface area contributed by atoms with Crippen molar-refractivity contribution < 1.29 is 4.79 Å². The van der Waals surface area contributed by atoms with E-state index in [2.05, 4.69) is 10.3 Å². The van der Waals surface area contributed by atoms with Crippen molar-refractivity contribution in [2.45, 2.75) is 44.7 Å². The van der Waals surface area contributed by atoms with Gasteiger partial charge in [0.25, 0.3) is 0 Å². The number of carbonyl (C=O) groups excluding carboxylic acids is 1. The quantitative estimate of drug-likeness (QED) is 0.830. The maximum Gasteiger partial charge on any atom is 0.223 e. The number of pyridine rings is 1. The lowest BCUT2D eigenvalue weighted by molar-refractivity contribution is -0.134. The molecule has 0 saturated carbocycles. The van der Waals surface area contributed by atoms with Gasteiger partial charge in [0.15, 0.2) is 0 Å². The lowest BCUT2D eigenvalue weighted by Crippen LogP contribution is -2.40. The molecule has 1 N–H and O–H groups in total. The van der Waals surface area contributed by atoms with Crippen LogP contribution in [0.2, 0.25) is 4.34 Å². The molecule has 0 radical (unpaired) electrons. The van der Waals surface area contributed by atoms with Gasteiger partial charge in [-0.25, -0.2) is 0 Å². The summed E-state index contributed by atoms with van der Waals surface area (Å²) in [4.78, 5) is 20.6. The second-order valence-electron chi connectivity index (χ2n) is 6.38. The summed E-state index contributed by atoms with van der Waals surface area (Å²) in [5.41, 5.74) is 0.951. The Balaban J connectivity index is 1.68. The van der Waals surface area contributed by atoms with Crippen LogP contribution in [0.4, 0.5) is 0 Å². The highest BCUT2D eigenvalue weighted by Crippen LogP contribution is 2.24. The van der Waals surface area contributed by atoms with Crippen molar-refractivity contribution in [3.8, 4) is 0 Å². The molecule has 0 aromatic carbocycles. The van der Waals surface area contributed by atoms with Crippen LogP contribution in [0.5, 0.6) is 0 Å². The molecular weight excluding hydrogens is 354 g/mol. The van der Waals surface area contributed by atoms with E-state index in [0.717, 1.165) is 48.8 Å². The fraction of sp³-hybridized carbons (Fsp3) is 0.474. The molecule has 134 valence electrons. The highest BCUT2D eigenvalue weighted by atomic mass is 35.5. The molecular formula is C19H24ClN3OS. The first-order valence-corrected chi connectivity index (χ1v) is 10.1. The summed E-state index contributed by atoms with van der Waals surface area (Å²) in [6.45, 7) is 2.60. The van der Waals surface area contributed by atoms with Crippen LogP contribution in [-0.2, 0) is 17.8 Å². The first kappa shape index (κ1) is 18.4. The number of nitrogens with one attached hydrogen (secondary N) is 1. The van der Waals surface area contributed by atoms with Crippen LogP contribution < -0.4 is 5.32 Å². The third kappa shape index (κ3) is 5.53. The monoisotopic (exact) mass is 377 g/mol. The van der Waals surface area contributed by atoms with Crippen molar-refractivity contribution in [2.24, 2.45) is 0 Å². The predicted octanol–water partition coefficient (Wildman–Crippen LogP) is 3.90. The Hall–Kier alpha value is -1.43. The highest BCUT2D eigenvalue weighted by molar-refractivity contribution is 7.16. The molecule has 25 heavy (non-hydrogen) atoms. The maximum atomic E-state index is 13.0. The molecule has 0 bridgehead atoms. The van der Waals surface area contributed by atoms with Crippen LogP contribution >= 0.6 is 22.9 Å². The van der Waals surface area contributed by atoms with Crippen LogP contribution in [0, 0.1) is 0 Å². The van der Waals surface area contributed by atoms with Crippen molar-refractivity contribution in [3.05, 3.63) is 51.4 Å². The molecule has 4 nitrogen and oxygen atoms in total. The summed E-state index contributed by atoms with van der Waals surface area (Å²) >= 11 is 7.55. The van der Waals surface area contributed by atoms with Gasteiger partial charge in [0.05, 0.1) is 16.6 Å². The number of nitrogens with zero attached hydrogens (tertiary/aromatic N) is 2. The van der Waals surface area contributed by atoms with Gasteiger partial charge in [-0.05, 0) is 63.0 Å². The number of aromatic nitrogens is 1. The molecule has 1 aliphatic rings. The van der Waals surface area contributed by atoms with Crippen LogP contribution in [0.3, 0.4) is 0 Å². The van der Waals surface area contributed by atoms with E-state index in [0.29, 0.717) is 13.0 Å². The third-order valence-electron chi connectivity index (χ3n) is 4.58. The van der Waals surface area contributed by atoms with Crippen molar-refractivity contribution in [3.63, 3.8) is 0 Å². The Morgan fingerprint density at radius 2 is 2.20 bits per heavy atom. The highest BCUT2D eigenvalue weighted by Gasteiger charge is 2.25. The van der Waals surface area contributed by atoms with Crippen molar-refractivity contribution in [1.82, 2.24) is 15.2 Å². The van der Waals surface area contributed by atoms with E-state index >= 15 is 0 Å². The molecule has 2 aromatic heterocycles. The van der Waals surface area contributed by atoms with Gasteiger partial charge in [-0.3, -0.25) is 9.78 Å². The summed E-state index contributed by atoms with van der Waals surface area (Å²) in [5.74, 6) is 0.210. The maximum absolute atomic E-state index is 13.0. The number of aryl methyl sites for hydroxylation is 1. The van der Waals surface area contributed by atoms with E-state index in [1.807, 2.05) is 35.2 Å². The lowest BCUT2D eigenvalue weighted by Gasteiger charge is -2.31. The Bertz CT molecular complexity index is 668. The summed E-state index contributed by atoms with van der Waals surface area (Å²) < 4.78 is 0.780. The van der Waals surface area contributed by atoms with Crippen molar-refractivity contribution >= 4 is 28.8 Å². The van der Waals surface area contributed by atoms with Crippen molar-refractivity contribution in [1.29, 1.82) is 0 Å². The Labute approximate surface area is 158 Å². The predicted molar refractivity (Wildman–Crippen MR) is 103 cm³/mol. The largest absolute Gasteiger partial charge is 0.334 e. The minimum Gasteiger partial charge on any atom is -0.334 e. The second kappa shape index (κ2) is 9.32. The van der Waals surface area contributed by atoms with Crippen LogP contribution in [0.15, 0.2) is 36.5 Å². The molecule has 1 amide bonds. The molecule has 0 aliphatic carbocycles. The van der Waals surface area contributed by atoms with Crippen LogP contribution in [0.25, 0.3) is 0 Å². The summed E-state index contributed by atoms with van der Waals surface area (Å²) in [6.07, 6.45) is 6.23. The van der Waals surface area contributed by atoms with E-state index < -0.39 is 0 Å². The third-order valence-corrected chi connectivity index (χ3v) is 5.87. The average molecular weight is 378 g/mol. The van der Waals surface area contributed by atoms with Gasteiger partial charge < -0.3 is 10.2 Å². The fourth-order valence-electron chi connectivity index (χ4n) is 3.26. The van der Waals surface area contributed by atoms with E-state index in [1.165, 1.54) is 4.88 Å². The van der Waals surface area contributed by atoms with E-state index in [-0.39, 0.29) is 11.9 Å². The zero-order valence-corrected chi connectivity index (χ0v) is 15.9. The first-order valence-electron chi connectivity index (χ1n) is 8.86. The van der Waals surface area contributed by atoms with Gasteiger partial charge in [-0.2, -0.15) is 0 Å². The molecule has 6 heteroatoms. The van der Waals surface area contributed by atoms with Gasteiger partial charge in [-0.15, -0.1) is 11.3 Å². The number of hydrogen-bond donors (Lipinski definition) is 1. The van der Waals surface area contributed by atoms with Gasteiger partial charge in [0.2, 0.25) is 5.91 Å². The minimum absolute atomic E-state index is 0.210. The number of carbonyl (C=O) groups is 1. The summed E-state index contributed by atoms with van der Waals surface area (Å²) in [5, 5.41) is 3.43. The normalized spacial score (nSPS) is 17.9. The molecule has 1 aliphatic heterocycles. The second-order valence-corrected chi connectivity index (χ2v) is 8.18. The molecule has 1 fully saturated rings. The summed E-state index contributed by atoms with van der Waals surface area (Å²) in [6, 6.07) is 10.1. The molecule has 3 heterocycles. The number of amides is 1. The zero-order chi connectivity index (χ0) is 17.5. The number of hydrogen-bond acceptors (Lipinski definition) is 4. The molecule has 2 aromatic rings. The molecule has 1 saturated heterocycles. The number of thiophene rings is 1. The Morgan fingerprint density at radius 1 is 1.28 bits per heavy atom. The standard InChI is InChI=1S/C19H24ClN3OS/c20-18-8-6-17(25-18)7-9-19(24)23(14-15-4-1-2-12-22-15)16-5-3-11-21-13-10-16/h1-2,4,6,8,12,16,21H,3,5,7,9-11,13-14H2. The van der Waals surface area contributed by atoms with Gasteiger partial charge >= 0.3 is 0 Å². The van der Waals surface area contributed by atoms with E-state index in [9.17, 15) is 4.79 Å². The van der Waals surface area contributed by atoms with E-state index in [4.69, 9.17) is 11.6 Å². The van der Waals surface area contributed by atoms with Crippen LogP contribution in [0.1, 0.15) is 36.3 Å². The van der Waals surface area contributed by atoms with Gasteiger partial charge in [0.1, 0.15) is 0 Å². The number of rotatable bonds is 6. The van der Waals surface area contributed by atoms with Crippen LogP contribution in [-0.4, -0.2) is 34.9 Å². The SMILES string of the molecule is O=C(CCc1ccc(Cl)s1)N(Cc1ccccn1)C1CCCNCC1. The first-order chi connectivity index (χ1) is 12.2. The topological polar surface area (TPSA) is 45.2 Å². The molecule has 3 rings (SSSR count). The minimum atomic E-state index is 0.210. The average Bonchev–Trinajstić information content (AvgIpc) is 2.87. The van der Waals surface area contributed by atoms with Gasteiger partial charge in [0, 0.05) is 23.5 Å². The molecule has 1 unspecified atom stereocenters. The Kier molecular flexibility index (Phi) is 6.84. The molecule has 0 spiro atoms. The number of halogens is 1. The zero-order valence-electron chi connectivity index (χ0n) is 14.3. The molecule has 1 atom stereocenters. The van der Waals surface area contributed by atoms with E-state index in [1.54, 1.807) is 17.5 Å². The van der Waals surface area contributed by atoms with Gasteiger partial charge in [-0.1, -0.05) is 17.7 Å². The van der Waals surface area contributed by atoms with Crippen molar-refractivity contribution in [2.75, 3.05) is 13.1 Å². The lowest BCUT2D eigenvalue weighted by atomic mass is 10.1. The smallest absolute Gasteiger partial charge is 0.223 e.